The number of aryl methyl sites for hydroxylation is 1. The molecule has 1 atom stereocenters. The van der Waals surface area contributed by atoms with Crippen LogP contribution < -0.4 is 20.3 Å². The van der Waals surface area contributed by atoms with Gasteiger partial charge in [0.25, 0.3) is 5.91 Å². The molecule has 1 unspecified atom stereocenters. The van der Waals surface area contributed by atoms with Gasteiger partial charge in [-0.15, -0.1) is 0 Å². The van der Waals surface area contributed by atoms with Crippen molar-refractivity contribution in [2.45, 2.75) is 26.4 Å². The van der Waals surface area contributed by atoms with Gasteiger partial charge in [-0.3, -0.25) is 20.4 Å². The van der Waals surface area contributed by atoms with E-state index in [1.165, 1.54) is 0 Å². The van der Waals surface area contributed by atoms with Crippen LogP contribution in [0, 0.1) is 6.92 Å². The number of rotatable bonds is 6. The molecular weight excluding hydrogens is 400 g/mol. The summed E-state index contributed by atoms with van der Waals surface area (Å²) in [5, 5.41) is 0. The summed E-state index contributed by atoms with van der Waals surface area (Å²) in [6.07, 6.45) is -0.637. The van der Waals surface area contributed by atoms with Crippen molar-refractivity contribution in [3.63, 3.8) is 0 Å². The van der Waals surface area contributed by atoms with Crippen molar-refractivity contribution in [1.82, 2.24) is 10.9 Å². The van der Waals surface area contributed by atoms with E-state index in [9.17, 15) is 9.59 Å². The Bertz CT molecular complexity index is 795. The number of hydrogen-bond donors (Lipinski definition) is 2. The summed E-state index contributed by atoms with van der Waals surface area (Å²) >= 11 is 3.34. The monoisotopic (exact) mass is 420 g/mol. The SMILES string of the molecule is COc1cc(CC(=O)NNC(=O)C(C)Oc2cccc(Br)c2)ccc1C. The number of hydrogen-bond acceptors (Lipinski definition) is 4. The van der Waals surface area contributed by atoms with Crippen LogP contribution in [0.1, 0.15) is 18.1 Å². The molecule has 2 N–H and O–H groups in total. The Morgan fingerprint density at radius 1 is 1.15 bits per heavy atom. The van der Waals surface area contributed by atoms with E-state index >= 15 is 0 Å². The number of methoxy groups -OCH3 is 1. The third kappa shape index (κ3) is 5.77. The molecule has 2 aromatic rings. The molecule has 2 amide bonds. The minimum atomic E-state index is -0.760. The number of benzene rings is 2. The highest BCUT2D eigenvalue weighted by Crippen LogP contribution is 2.20. The highest BCUT2D eigenvalue weighted by molar-refractivity contribution is 9.10. The van der Waals surface area contributed by atoms with Crippen molar-refractivity contribution in [2.75, 3.05) is 7.11 Å². The first-order valence-electron chi connectivity index (χ1n) is 8.03. The van der Waals surface area contributed by atoms with Gasteiger partial charge in [-0.2, -0.15) is 0 Å². The Balaban J connectivity index is 1.83. The summed E-state index contributed by atoms with van der Waals surface area (Å²) in [5.41, 5.74) is 6.54. The zero-order valence-corrected chi connectivity index (χ0v) is 16.4. The van der Waals surface area contributed by atoms with E-state index < -0.39 is 12.0 Å². The molecule has 6 nitrogen and oxygen atoms in total. The number of amides is 2. The molecule has 7 heteroatoms. The smallest absolute Gasteiger partial charge is 0.279 e. The molecule has 0 aliphatic heterocycles. The van der Waals surface area contributed by atoms with E-state index in [1.54, 1.807) is 32.2 Å². The lowest BCUT2D eigenvalue weighted by molar-refractivity contribution is -0.132. The van der Waals surface area contributed by atoms with E-state index in [-0.39, 0.29) is 12.3 Å². The second-order valence-corrected chi connectivity index (χ2v) is 6.65. The second-order valence-electron chi connectivity index (χ2n) is 5.74. The van der Waals surface area contributed by atoms with Crippen molar-refractivity contribution in [3.8, 4) is 11.5 Å². The molecule has 0 spiro atoms. The normalized spacial score (nSPS) is 11.4. The summed E-state index contributed by atoms with van der Waals surface area (Å²) in [5.74, 6) is 0.495. The molecule has 138 valence electrons. The second kappa shape index (κ2) is 9.24. The van der Waals surface area contributed by atoms with Crippen LogP contribution in [0.4, 0.5) is 0 Å². The number of nitrogens with one attached hydrogen (secondary N) is 2. The van der Waals surface area contributed by atoms with E-state index in [4.69, 9.17) is 9.47 Å². The molecule has 0 radical (unpaired) electrons. The summed E-state index contributed by atoms with van der Waals surface area (Å²) < 4.78 is 11.6. The Hall–Kier alpha value is -2.54. The third-order valence-corrected chi connectivity index (χ3v) is 4.13. The topological polar surface area (TPSA) is 76.7 Å². The Labute approximate surface area is 161 Å². The van der Waals surface area contributed by atoms with Crippen LogP contribution >= 0.6 is 15.9 Å². The first kappa shape index (κ1) is 19.8. The van der Waals surface area contributed by atoms with Gasteiger partial charge in [0.2, 0.25) is 5.91 Å². The van der Waals surface area contributed by atoms with Crippen molar-refractivity contribution in [3.05, 3.63) is 58.1 Å². The average Bonchev–Trinajstić information content (AvgIpc) is 2.61. The van der Waals surface area contributed by atoms with Gasteiger partial charge in [-0.25, -0.2) is 0 Å². The highest BCUT2D eigenvalue weighted by Gasteiger charge is 2.16. The van der Waals surface area contributed by atoms with Gasteiger partial charge < -0.3 is 9.47 Å². The Morgan fingerprint density at radius 2 is 1.92 bits per heavy atom. The molecule has 0 saturated carbocycles. The molecule has 0 heterocycles. The molecule has 0 aromatic heterocycles. The van der Waals surface area contributed by atoms with Gasteiger partial charge in [-0.05, 0) is 49.2 Å². The van der Waals surface area contributed by atoms with E-state index in [1.807, 2.05) is 31.2 Å². The van der Waals surface area contributed by atoms with E-state index in [0.717, 1.165) is 21.3 Å². The summed E-state index contributed by atoms with van der Waals surface area (Å²) in [4.78, 5) is 24.1. The zero-order chi connectivity index (χ0) is 19.1. The lowest BCUT2D eigenvalue weighted by Gasteiger charge is -2.15. The standard InChI is InChI=1S/C19H21BrN2O4/c1-12-7-8-14(9-17(12)25-3)10-18(23)21-22-19(24)13(2)26-16-6-4-5-15(20)11-16/h4-9,11,13H,10H2,1-3H3,(H,21,23)(H,22,24). The van der Waals surface area contributed by atoms with Gasteiger partial charge >= 0.3 is 0 Å². The fraction of sp³-hybridized carbons (Fsp3) is 0.263. The molecule has 26 heavy (non-hydrogen) atoms. The Kier molecular flexibility index (Phi) is 7.03. The minimum absolute atomic E-state index is 0.123. The maximum absolute atomic E-state index is 12.1. The van der Waals surface area contributed by atoms with Gasteiger partial charge in [0.15, 0.2) is 6.10 Å². The number of halogens is 1. The molecular formula is C19H21BrN2O4. The number of hydrazine groups is 1. The molecule has 0 aliphatic rings. The largest absolute Gasteiger partial charge is 0.496 e. The van der Waals surface area contributed by atoms with Gasteiger partial charge in [0.1, 0.15) is 11.5 Å². The predicted octanol–water partition coefficient (Wildman–Crippen LogP) is 2.92. The molecule has 2 aromatic carbocycles. The van der Waals surface area contributed by atoms with Crippen LogP contribution in [-0.4, -0.2) is 25.0 Å². The summed E-state index contributed by atoms with van der Waals surface area (Å²) in [6, 6.07) is 12.7. The molecule has 0 saturated heterocycles. The maximum Gasteiger partial charge on any atom is 0.279 e. The van der Waals surface area contributed by atoms with Crippen LogP contribution in [0.15, 0.2) is 46.9 Å². The van der Waals surface area contributed by atoms with Gasteiger partial charge in [0, 0.05) is 4.47 Å². The van der Waals surface area contributed by atoms with Crippen molar-refractivity contribution in [2.24, 2.45) is 0 Å². The van der Waals surface area contributed by atoms with Crippen LogP contribution in [0.5, 0.6) is 11.5 Å². The zero-order valence-electron chi connectivity index (χ0n) is 14.8. The lowest BCUT2D eigenvalue weighted by Crippen LogP contribution is -2.47. The molecule has 0 bridgehead atoms. The fourth-order valence-electron chi connectivity index (χ4n) is 2.23. The Morgan fingerprint density at radius 3 is 2.62 bits per heavy atom. The van der Waals surface area contributed by atoms with Crippen molar-refractivity contribution < 1.29 is 19.1 Å². The number of carbonyl (C=O) groups is 2. The van der Waals surface area contributed by atoms with E-state index in [2.05, 4.69) is 26.8 Å². The van der Waals surface area contributed by atoms with Crippen molar-refractivity contribution >= 4 is 27.7 Å². The summed E-state index contributed by atoms with van der Waals surface area (Å²) in [7, 11) is 1.58. The quantitative estimate of drug-likeness (QED) is 0.704. The minimum Gasteiger partial charge on any atom is -0.496 e. The third-order valence-electron chi connectivity index (χ3n) is 3.64. The highest BCUT2D eigenvalue weighted by atomic mass is 79.9. The van der Waals surface area contributed by atoms with E-state index in [0.29, 0.717) is 5.75 Å². The maximum atomic E-state index is 12.1. The first-order chi connectivity index (χ1) is 12.4. The van der Waals surface area contributed by atoms with Crippen LogP contribution in [0.25, 0.3) is 0 Å². The lowest BCUT2D eigenvalue weighted by atomic mass is 10.1. The van der Waals surface area contributed by atoms with Crippen LogP contribution in [0.3, 0.4) is 0 Å². The first-order valence-corrected chi connectivity index (χ1v) is 8.82. The predicted molar refractivity (Wildman–Crippen MR) is 102 cm³/mol. The number of carbonyl (C=O) groups excluding carboxylic acids is 2. The average molecular weight is 421 g/mol. The van der Waals surface area contributed by atoms with Crippen LogP contribution in [0.2, 0.25) is 0 Å². The molecule has 0 aliphatic carbocycles. The fourth-order valence-corrected chi connectivity index (χ4v) is 2.61. The number of ether oxygens (including phenoxy) is 2. The summed E-state index contributed by atoms with van der Waals surface area (Å²) in [6.45, 7) is 3.53. The molecule has 2 rings (SSSR count). The van der Waals surface area contributed by atoms with Crippen molar-refractivity contribution in [1.29, 1.82) is 0 Å². The molecule has 0 fully saturated rings. The van der Waals surface area contributed by atoms with Gasteiger partial charge in [-0.1, -0.05) is 34.1 Å². The van der Waals surface area contributed by atoms with Gasteiger partial charge in [0.05, 0.1) is 13.5 Å². The van der Waals surface area contributed by atoms with Crippen LogP contribution in [-0.2, 0) is 16.0 Å².